The highest BCUT2D eigenvalue weighted by atomic mass is 79.9. The Morgan fingerprint density at radius 2 is 1.57 bits per heavy atom. The Kier molecular flexibility index (Phi) is 7.52. The Hall–Kier alpha value is -1.34. The first-order valence-electron chi connectivity index (χ1n) is 11.2. The van der Waals surface area contributed by atoms with Crippen molar-refractivity contribution < 1.29 is 4.79 Å². The monoisotopic (exact) mass is 490 g/mol. The average Bonchev–Trinajstić information content (AvgIpc) is 3.15. The Morgan fingerprint density at radius 3 is 2.13 bits per heavy atom. The summed E-state index contributed by atoms with van der Waals surface area (Å²) in [6.45, 7) is 0. The quantitative estimate of drug-likeness (QED) is 0.477. The van der Waals surface area contributed by atoms with Crippen molar-refractivity contribution in [3.05, 3.63) is 28.7 Å². The number of thioether (sulfide) groups is 1. The maximum atomic E-state index is 13.4. The molecule has 0 unspecified atom stereocenters. The minimum Gasteiger partial charge on any atom is -0.336 e. The molecule has 2 aromatic rings. The van der Waals surface area contributed by atoms with Crippen molar-refractivity contribution >= 4 is 33.6 Å². The maximum Gasteiger partial charge on any atom is 0.233 e. The van der Waals surface area contributed by atoms with Gasteiger partial charge in [-0.2, -0.15) is 0 Å². The molecule has 7 heteroatoms. The molecule has 0 aliphatic heterocycles. The zero-order chi connectivity index (χ0) is 20.9. The molecule has 0 N–H and O–H groups in total. The van der Waals surface area contributed by atoms with Gasteiger partial charge in [-0.1, -0.05) is 78.3 Å². The molecule has 2 aliphatic rings. The summed E-state index contributed by atoms with van der Waals surface area (Å²) in [6.07, 6.45) is 12.3. The van der Waals surface area contributed by atoms with Crippen LogP contribution in [0.15, 0.2) is 33.9 Å². The molecule has 4 rings (SSSR count). The molecule has 0 atom stereocenters. The summed E-state index contributed by atoms with van der Waals surface area (Å²) in [6, 6.07) is 8.95. The van der Waals surface area contributed by atoms with Crippen LogP contribution in [-0.4, -0.2) is 43.4 Å². The molecule has 1 aromatic carbocycles. The van der Waals surface area contributed by atoms with Crippen molar-refractivity contribution in [2.45, 2.75) is 81.4 Å². The van der Waals surface area contributed by atoms with E-state index in [2.05, 4.69) is 31.0 Å². The van der Waals surface area contributed by atoms with E-state index in [1.807, 2.05) is 35.9 Å². The fourth-order valence-corrected chi connectivity index (χ4v) is 5.96. The average molecular weight is 491 g/mol. The summed E-state index contributed by atoms with van der Waals surface area (Å²) in [4.78, 5) is 15.7. The summed E-state index contributed by atoms with van der Waals surface area (Å²) in [5.74, 6) is 1.56. The molecule has 0 bridgehead atoms. The van der Waals surface area contributed by atoms with E-state index in [1.165, 1.54) is 76.0 Å². The molecule has 2 fully saturated rings. The van der Waals surface area contributed by atoms with Gasteiger partial charge in [0.1, 0.15) is 0 Å². The first kappa shape index (κ1) is 21.9. The van der Waals surface area contributed by atoms with E-state index in [0.717, 1.165) is 21.0 Å². The van der Waals surface area contributed by atoms with E-state index < -0.39 is 0 Å². The van der Waals surface area contributed by atoms with Gasteiger partial charge in [0.05, 0.1) is 5.75 Å². The van der Waals surface area contributed by atoms with Gasteiger partial charge in [0, 0.05) is 29.2 Å². The second kappa shape index (κ2) is 10.3. The Bertz CT molecular complexity index is 823. The maximum absolute atomic E-state index is 13.4. The predicted molar refractivity (Wildman–Crippen MR) is 125 cm³/mol. The largest absolute Gasteiger partial charge is 0.336 e. The molecule has 162 valence electrons. The number of nitrogens with zero attached hydrogens (tertiary/aromatic N) is 4. The van der Waals surface area contributed by atoms with E-state index in [0.29, 0.717) is 17.8 Å². The summed E-state index contributed by atoms with van der Waals surface area (Å²) in [7, 11) is 1.98. The lowest BCUT2D eigenvalue weighted by atomic mass is 9.88. The lowest BCUT2D eigenvalue weighted by Crippen LogP contribution is -2.49. The summed E-state index contributed by atoms with van der Waals surface area (Å²) >= 11 is 4.99. The Morgan fingerprint density at radius 1 is 1.00 bits per heavy atom. The number of carbonyl (C=O) groups excluding carboxylic acids is 1. The highest BCUT2D eigenvalue weighted by Crippen LogP contribution is 2.31. The van der Waals surface area contributed by atoms with E-state index in [1.54, 1.807) is 0 Å². The third kappa shape index (κ3) is 5.10. The van der Waals surface area contributed by atoms with Crippen LogP contribution in [-0.2, 0) is 11.8 Å². The van der Waals surface area contributed by atoms with E-state index >= 15 is 0 Å². The zero-order valence-electron chi connectivity index (χ0n) is 17.7. The summed E-state index contributed by atoms with van der Waals surface area (Å²) in [5.41, 5.74) is 1.03. The van der Waals surface area contributed by atoms with Crippen molar-refractivity contribution in [1.82, 2.24) is 19.7 Å². The minimum absolute atomic E-state index is 0.284. The van der Waals surface area contributed by atoms with Gasteiger partial charge in [-0.3, -0.25) is 4.79 Å². The topological polar surface area (TPSA) is 51.0 Å². The van der Waals surface area contributed by atoms with Gasteiger partial charge in [0.2, 0.25) is 5.91 Å². The lowest BCUT2D eigenvalue weighted by Gasteiger charge is -2.41. The number of amides is 1. The fourth-order valence-electron chi connectivity index (χ4n) is 4.92. The molecular formula is C23H31BrN4OS. The van der Waals surface area contributed by atoms with Gasteiger partial charge in [0.25, 0.3) is 0 Å². The van der Waals surface area contributed by atoms with Gasteiger partial charge in [0.15, 0.2) is 11.0 Å². The third-order valence-corrected chi connectivity index (χ3v) is 8.02. The second-order valence-corrected chi connectivity index (χ2v) is 10.4. The molecular weight excluding hydrogens is 460 g/mol. The molecule has 2 aliphatic carbocycles. The number of hydrogen-bond acceptors (Lipinski definition) is 4. The van der Waals surface area contributed by atoms with E-state index in [-0.39, 0.29) is 5.91 Å². The van der Waals surface area contributed by atoms with Crippen LogP contribution in [0.5, 0.6) is 0 Å². The first-order chi connectivity index (χ1) is 14.6. The second-order valence-electron chi connectivity index (χ2n) is 8.55. The Balaban J connectivity index is 1.44. The molecule has 30 heavy (non-hydrogen) atoms. The third-order valence-electron chi connectivity index (χ3n) is 6.49. The smallest absolute Gasteiger partial charge is 0.233 e. The fraction of sp³-hybridized carbons (Fsp3) is 0.609. The number of hydrogen-bond donors (Lipinski definition) is 0. The first-order valence-corrected chi connectivity index (χ1v) is 13.0. The van der Waals surface area contributed by atoms with Crippen molar-refractivity contribution in [1.29, 1.82) is 0 Å². The van der Waals surface area contributed by atoms with Crippen LogP contribution in [0.25, 0.3) is 11.4 Å². The van der Waals surface area contributed by atoms with E-state index in [4.69, 9.17) is 0 Å². The minimum atomic E-state index is 0.284. The van der Waals surface area contributed by atoms with Crippen LogP contribution in [0.4, 0.5) is 0 Å². The van der Waals surface area contributed by atoms with Crippen LogP contribution >= 0.6 is 27.7 Å². The number of halogens is 1. The van der Waals surface area contributed by atoms with Gasteiger partial charge in [-0.15, -0.1) is 10.2 Å². The van der Waals surface area contributed by atoms with Crippen LogP contribution in [0.2, 0.25) is 0 Å². The van der Waals surface area contributed by atoms with Gasteiger partial charge >= 0.3 is 0 Å². The highest BCUT2D eigenvalue weighted by Gasteiger charge is 2.32. The van der Waals surface area contributed by atoms with Crippen molar-refractivity contribution in [2.24, 2.45) is 7.05 Å². The van der Waals surface area contributed by atoms with Gasteiger partial charge < -0.3 is 9.47 Å². The molecule has 0 saturated heterocycles. The van der Waals surface area contributed by atoms with Gasteiger partial charge in [-0.25, -0.2) is 0 Å². The van der Waals surface area contributed by atoms with E-state index in [9.17, 15) is 4.79 Å². The number of rotatable bonds is 6. The van der Waals surface area contributed by atoms with Gasteiger partial charge in [-0.05, 0) is 37.8 Å². The highest BCUT2D eigenvalue weighted by molar-refractivity contribution is 9.10. The number of aromatic nitrogens is 3. The molecule has 5 nitrogen and oxygen atoms in total. The number of benzene rings is 1. The van der Waals surface area contributed by atoms with Crippen LogP contribution in [0.1, 0.15) is 64.2 Å². The van der Waals surface area contributed by atoms with Crippen LogP contribution < -0.4 is 0 Å². The Labute approximate surface area is 192 Å². The molecule has 1 heterocycles. The molecule has 1 aromatic heterocycles. The van der Waals surface area contributed by atoms with Crippen molar-refractivity contribution in [3.8, 4) is 11.4 Å². The van der Waals surface area contributed by atoms with Crippen molar-refractivity contribution in [2.75, 3.05) is 5.75 Å². The predicted octanol–water partition coefficient (Wildman–Crippen LogP) is 5.83. The molecule has 0 radical (unpaired) electrons. The normalized spacial score (nSPS) is 18.5. The number of carbonyl (C=O) groups is 1. The molecule has 2 saturated carbocycles. The molecule has 0 spiro atoms. The summed E-state index contributed by atoms with van der Waals surface area (Å²) in [5, 5.41) is 9.53. The van der Waals surface area contributed by atoms with Crippen molar-refractivity contribution in [3.63, 3.8) is 0 Å². The zero-order valence-corrected chi connectivity index (χ0v) is 20.1. The standard InChI is InChI=1S/C23H31BrN4OS/c1-27-22(17-12-14-18(24)15-13-17)25-26-23(27)30-16-21(29)28(19-8-4-2-5-9-19)20-10-6-3-7-11-20/h12-15,19-20H,2-11,16H2,1H3. The molecule has 1 amide bonds. The SMILES string of the molecule is Cn1c(SCC(=O)N(C2CCCCC2)C2CCCCC2)nnc1-c1ccc(Br)cc1. The lowest BCUT2D eigenvalue weighted by molar-refractivity contribution is -0.135. The van der Waals surface area contributed by atoms with Crippen LogP contribution in [0.3, 0.4) is 0 Å². The summed E-state index contributed by atoms with van der Waals surface area (Å²) < 4.78 is 3.03. The van der Waals surface area contributed by atoms with Crippen LogP contribution in [0, 0.1) is 0 Å².